The first kappa shape index (κ1) is 17.0. The topological polar surface area (TPSA) is 46.2 Å². The van der Waals surface area contributed by atoms with Crippen molar-refractivity contribution < 1.29 is 9.59 Å². The van der Waals surface area contributed by atoms with Crippen LogP contribution in [0.25, 0.3) is 0 Å². The molecule has 0 spiro atoms. The third kappa shape index (κ3) is 4.36. The Labute approximate surface area is 141 Å². The molecule has 4 unspecified atom stereocenters. The van der Waals surface area contributed by atoms with Crippen molar-refractivity contribution in [1.82, 2.24) is 5.32 Å². The molecule has 3 saturated carbocycles. The molecule has 0 aliphatic heterocycles. The molecule has 4 atom stereocenters. The molecule has 1 N–H and O–H groups in total. The zero-order chi connectivity index (χ0) is 16.2. The van der Waals surface area contributed by atoms with Crippen LogP contribution in [-0.2, 0) is 9.59 Å². The SMILES string of the molecule is CC(C(=O)NC(=O)CCCC1CC2CCC1C2)C1CCCCC1. The van der Waals surface area contributed by atoms with Crippen molar-refractivity contribution in [3.05, 3.63) is 0 Å². The molecule has 0 saturated heterocycles. The number of nitrogens with one attached hydrogen (secondary N) is 1. The van der Waals surface area contributed by atoms with E-state index in [1.54, 1.807) is 0 Å². The largest absolute Gasteiger partial charge is 0.296 e. The second kappa shape index (κ2) is 7.81. The lowest BCUT2D eigenvalue weighted by Gasteiger charge is -2.26. The van der Waals surface area contributed by atoms with Gasteiger partial charge in [0.25, 0.3) is 0 Å². The quantitative estimate of drug-likeness (QED) is 0.786. The van der Waals surface area contributed by atoms with E-state index in [9.17, 15) is 9.59 Å². The highest BCUT2D eigenvalue weighted by atomic mass is 16.2. The van der Waals surface area contributed by atoms with E-state index in [4.69, 9.17) is 0 Å². The average Bonchev–Trinajstić information content (AvgIpc) is 3.18. The Kier molecular flexibility index (Phi) is 5.76. The van der Waals surface area contributed by atoms with Crippen LogP contribution in [0.4, 0.5) is 0 Å². The maximum atomic E-state index is 12.2. The Morgan fingerprint density at radius 2 is 1.83 bits per heavy atom. The lowest BCUT2D eigenvalue weighted by Crippen LogP contribution is -2.38. The number of hydrogen-bond acceptors (Lipinski definition) is 2. The molecule has 0 radical (unpaired) electrons. The first-order valence-electron chi connectivity index (χ1n) is 9.97. The van der Waals surface area contributed by atoms with Gasteiger partial charge in [0, 0.05) is 12.3 Å². The first-order valence-corrected chi connectivity index (χ1v) is 9.97. The van der Waals surface area contributed by atoms with Crippen LogP contribution in [-0.4, -0.2) is 11.8 Å². The molecule has 0 aromatic rings. The normalized spacial score (nSPS) is 32.0. The standard InChI is InChI=1S/C20H33NO2/c1-14(16-6-3-2-4-7-16)20(23)21-19(22)9-5-8-17-12-15-10-11-18(17)13-15/h14-18H,2-13H2,1H3,(H,21,22,23). The first-order chi connectivity index (χ1) is 11.1. The van der Waals surface area contributed by atoms with Gasteiger partial charge in [0.05, 0.1) is 0 Å². The van der Waals surface area contributed by atoms with Crippen molar-refractivity contribution in [3.63, 3.8) is 0 Å². The van der Waals surface area contributed by atoms with E-state index in [0.717, 1.165) is 37.0 Å². The van der Waals surface area contributed by atoms with Crippen LogP contribution in [0.3, 0.4) is 0 Å². The van der Waals surface area contributed by atoms with Crippen molar-refractivity contribution in [2.45, 2.75) is 84.0 Å². The highest BCUT2D eigenvalue weighted by Gasteiger charge is 2.38. The van der Waals surface area contributed by atoms with Crippen molar-refractivity contribution in [2.24, 2.45) is 29.6 Å². The molecule has 2 bridgehead atoms. The zero-order valence-electron chi connectivity index (χ0n) is 14.7. The predicted molar refractivity (Wildman–Crippen MR) is 91.7 cm³/mol. The van der Waals surface area contributed by atoms with Gasteiger partial charge >= 0.3 is 0 Å². The molecule has 0 aromatic carbocycles. The minimum atomic E-state index is -0.0548. The lowest BCUT2D eigenvalue weighted by atomic mass is 9.80. The summed E-state index contributed by atoms with van der Waals surface area (Å²) in [7, 11) is 0. The molecule has 3 aliphatic carbocycles. The molecule has 23 heavy (non-hydrogen) atoms. The molecule has 2 amide bonds. The van der Waals surface area contributed by atoms with Gasteiger partial charge in [0.2, 0.25) is 11.8 Å². The molecule has 3 rings (SSSR count). The second-order valence-electron chi connectivity index (χ2n) is 8.43. The molecule has 3 nitrogen and oxygen atoms in total. The molecular formula is C20H33NO2. The van der Waals surface area contributed by atoms with E-state index < -0.39 is 0 Å². The summed E-state index contributed by atoms with van der Waals surface area (Å²) in [5, 5.41) is 2.66. The summed E-state index contributed by atoms with van der Waals surface area (Å²) in [6.07, 6.45) is 14.4. The Morgan fingerprint density at radius 3 is 2.48 bits per heavy atom. The third-order valence-electron chi connectivity index (χ3n) is 6.90. The maximum absolute atomic E-state index is 12.2. The van der Waals surface area contributed by atoms with E-state index in [1.165, 1.54) is 51.4 Å². The number of carbonyl (C=O) groups excluding carboxylic acids is 2. The monoisotopic (exact) mass is 319 g/mol. The predicted octanol–water partition coefficient (Wildman–Crippen LogP) is 4.45. The van der Waals surface area contributed by atoms with Gasteiger partial charge in [-0.3, -0.25) is 14.9 Å². The smallest absolute Gasteiger partial charge is 0.229 e. The van der Waals surface area contributed by atoms with E-state index in [-0.39, 0.29) is 17.7 Å². The summed E-state index contributed by atoms with van der Waals surface area (Å²) < 4.78 is 0. The molecule has 3 heteroatoms. The molecule has 130 valence electrons. The number of fused-ring (bicyclic) bond motifs is 2. The Hall–Kier alpha value is -0.860. The average molecular weight is 319 g/mol. The Balaban J connectivity index is 1.33. The van der Waals surface area contributed by atoms with Crippen molar-refractivity contribution >= 4 is 11.8 Å². The van der Waals surface area contributed by atoms with Crippen LogP contribution in [0.15, 0.2) is 0 Å². The summed E-state index contributed by atoms with van der Waals surface area (Å²) in [4.78, 5) is 24.3. The van der Waals surface area contributed by atoms with E-state index in [2.05, 4.69) is 5.32 Å². The minimum absolute atomic E-state index is 0.00943. The fraction of sp³-hybridized carbons (Fsp3) is 0.900. The van der Waals surface area contributed by atoms with Gasteiger partial charge in [-0.1, -0.05) is 32.6 Å². The summed E-state index contributed by atoms with van der Waals surface area (Å²) in [5.41, 5.74) is 0. The van der Waals surface area contributed by atoms with Gasteiger partial charge in [-0.05, 0) is 68.6 Å². The van der Waals surface area contributed by atoms with Crippen molar-refractivity contribution in [1.29, 1.82) is 0 Å². The zero-order valence-corrected chi connectivity index (χ0v) is 14.7. The van der Waals surface area contributed by atoms with Crippen molar-refractivity contribution in [2.75, 3.05) is 0 Å². The maximum Gasteiger partial charge on any atom is 0.229 e. The summed E-state index contributed by atoms with van der Waals surface area (Å²) in [6.45, 7) is 1.99. The molecule has 0 heterocycles. The fourth-order valence-corrected chi connectivity index (χ4v) is 5.42. The van der Waals surface area contributed by atoms with Crippen LogP contribution >= 0.6 is 0 Å². The van der Waals surface area contributed by atoms with Gasteiger partial charge in [-0.25, -0.2) is 0 Å². The minimum Gasteiger partial charge on any atom is -0.296 e. The molecule has 3 aliphatic rings. The van der Waals surface area contributed by atoms with Crippen molar-refractivity contribution in [3.8, 4) is 0 Å². The third-order valence-corrected chi connectivity index (χ3v) is 6.90. The molecule has 3 fully saturated rings. The summed E-state index contributed by atoms with van der Waals surface area (Å²) in [6, 6.07) is 0. The highest BCUT2D eigenvalue weighted by molar-refractivity contribution is 5.96. The van der Waals surface area contributed by atoms with Crippen LogP contribution in [0, 0.1) is 29.6 Å². The van der Waals surface area contributed by atoms with E-state index in [1.807, 2.05) is 6.92 Å². The highest BCUT2D eigenvalue weighted by Crippen LogP contribution is 2.49. The van der Waals surface area contributed by atoms with Gasteiger partial charge in [-0.15, -0.1) is 0 Å². The lowest BCUT2D eigenvalue weighted by molar-refractivity contribution is -0.133. The Morgan fingerprint density at radius 1 is 1.04 bits per heavy atom. The molecular weight excluding hydrogens is 286 g/mol. The van der Waals surface area contributed by atoms with Crippen LogP contribution < -0.4 is 5.32 Å². The molecule has 0 aromatic heterocycles. The van der Waals surface area contributed by atoms with Crippen LogP contribution in [0.5, 0.6) is 0 Å². The number of imide groups is 1. The Bertz CT molecular complexity index is 427. The number of hydrogen-bond donors (Lipinski definition) is 1. The van der Waals surface area contributed by atoms with Crippen LogP contribution in [0.1, 0.15) is 84.0 Å². The van der Waals surface area contributed by atoms with Gasteiger partial charge < -0.3 is 0 Å². The number of amides is 2. The number of rotatable bonds is 6. The van der Waals surface area contributed by atoms with Gasteiger partial charge in [-0.2, -0.15) is 0 Å². The van der Waals surface area contributed by atoms with E-state index in [0.29, 0.717) is 12.3 Å². The summed E-state index contributed by atoms with van der Waals surface area (Å²) >= 11 is 0. The summed E-state index contributed by atoms with van der Waals surface area (Å²) in [5.74, 6) is 3.16. The van der Waals surface area contributed by atoms with Gasteiger partial charge in [0.1, 0.15) is 0 Å². The number of carbonyl (C=O) groups is 2. The van der Waals surface area contributed by atoms with Crippen LogP contribution in [0.2, 0.25) is 0 Å². The van der Waals surface area contributed by atoms with E-state index >= 15 is 0 Å². The fourth-order valence-electron chi connectivity index (χ4n) is 5.42. The second-order valence-corrected chi connectivity index (χ2v) is 8.43. The van der Waals surface area contributed by atoms with Gasteiger partial charge in [0.15, 0.2) is 0 Å².